The van der Waals surface area contributed by atoms with Gasteiger partial charge in [0.25, 0.3) is 0 Å². The second kappa shape index (κ2) is 18.8. The van der Waals surface area contributed by atoms with Crippen LogP contribution in [0.5, 0.6) is 23.0 Å². The van der Waals surface area contributed by atoms with Crippen LogP contribution in [0, 0.1) is 13.8 Å². The number of aromatic hydroxyl groups is 1. The molecule has 6 nitrogen and oxygen atoms in total. The SMILES string of the molecule is COc1c(-c2ccccc2OCCCOc2ccccc2-c2cc(C)cc(-n3c4ccccc4c4ccccc43)c2O)cc(C)cc1-n1c2ccccc2c2ccccc21.[Cl][Zr][Cl]. The number of ether oxygens (including phenoxy) is 3. The predicted molar refractivity (Wildman–Crippen MR) is 257 cm³/mol. The van der Waals surface area contributed by atoms with Crippen molar-refractivity contribution in [3.05, 3.63) is 181 Å². The molecule has 0 fully saturated rings. The van der Waals surface area contributed by atoms with E-state index < -0.39 is 20.8 Å². The van der Waals surface area contributed by atoms with E-state index in [1.807, 2.05) is 66.7 Å². The fourth-order valence-corrected chi connectivity index (χ4v) is 8.89. The summed E-state index contributed by atoms with van der Waals surface area (Å²) in [7, 11) is 11.6. The molecule has 0 saturated carbocycles. The van der Waals surface area contributed by atoms with Crippen LogP contribution in [-0.2, 0) is 20.8 Å². The van der Waals surface area contributed by atoms with E-state index in [0.29, 0.717) is 25.4 Å². The Morgan fingerprint density at radius 3 is 1.30 bits per heavy atom. The van der Waals surface area contributed by atoms with Crippen LogP contribution in [0.4, 0.5) is 0 Å². The Morgan fingerprint density at radius 2 is 0.841 bits per heavy atom. The van der Waals surface area contributed by atoms with Crippen molar-refractivity contribution in [2.24, 2.45) is 0 Å². The summed E-state index contributed by atoms with van der Waals surface area (Å²) in [4.78, 5) is 0. The van der Waals surface area contributed by atoms with E-state index in [0.717, 1.165) is 89.1 Å². The van der Waals surface area contributed by atoms with Crippen molar-refractivity contribution in [3.63, 3.8) is 0 Å². The quantitative estimate of drug-likeness (QED) is 0.131. The second-order valence-electron chi connectivity index (χ2n) is 15.4. The topological polar surface area (TPSA) is 57.8 Å². The summed E-state index contributed by atoms with van der Waals surface area (Å²) in [5.41, 5.74) is 11.7. The van der Waals surface area contributed by atoms with E-state index in [1.165, 1.54) is 10.8 Å². The molecule has 312 valence electrons. The van der Waals surface area contributed by atoms with Gasteiger partial charge in [-0.25, -0.2) is 0 Å². The third-order valence-corrected chi connectivity index (χ3v) is 11.5. The van der Waals surface area contributed by atoms with E-state index in [9.17, 15) is 5.11 Å². The number of fused-ring (bicyclic) bond motifs is 6. The Bertz CT molecular complexity index is 3160. The van der Waals surface area contributed by atoms with Gasteiger partial charge in [0, 0.05) is 50.2 Å². The van der Waals surface area contributed by atoms with Crippen molar-refractivity contribution in [1.29, 1.82) is 0 Å². The number of nitrogens with zero attached hydrogens (tertiary/aromatic N) is 2. The molecule has 10 rings (SSSR count). The number of aryl methyl sites for hydroxylation is 2. The van der Waals surface area contributed by atoms with Crippen LogP contribution < -0.4 is 14.2 Å². The Morgan fingerprint density at radius 1 is 0.476 bits per heavy atom. The van der Waals surface area contributed by atoms with Gasteiger partial charge in [0.1, 0.15) is 17.2 Å². The molecule has 9 heteroatoms. The number of hydrogen-bond acceptors (Lipinski definition) is 4. The molecule has 0 aliphatic rings. The van der Waals surface area contributed by atoms with Crippen molar-refractivity contribution >= 4 is 60.6 Å². The summed E-state index contributed by atoms with van der Waals surface area (Å²) in [6, 6.07) is 58.3. The third kappa shape index (κ3) is 8.11. The van der Waals surface area contributed by atoms with Crippen LogP contribution in [0.1, 0.15) is 17.5 Å². The zero-order chi connectivity index (χ0) is 43.5. The fourth-order valence-electron chi connectivity index (χ4n) is 8.89. The van der Waals surface area contributed by atoms with Crippen molar-refractivity contribution in [2.45, 2.75) is 20.3 Å². The van der Waals surface area contributed by atoms with Gasteiger partial charge < -0.3 is 28.5 Å². The Kier molecular flexibility index (Phi) is 12.6. The number of phenolic OH excluding ortho intramolecular Hbond substituents is 1. The van der Waals surface area contributed by atoms with Gasteiger partial charge in [0.15, 0.2) is 5.75 Å². The third-order valence-electron chi connectivity index (χ3n) is 11.5. The summed E-state index contributed by atoms with van der Waals surface area (Å²) in [6.07, 6.45) is 0.645. The number of halogens is 2. The van der Waals surface area contributed by atoms with Crippen LogP contribution in [0.2, 0.25) is 0 Å². The molecule has 1 N–H and O–H groups in total. The molecule has 0 radical (unpaired) electrons. The first kappa shape index (κ1) is 42.3. The van der Waals surface area contributed by atoms with Gasteiger partial charge in [0.2, 0.25) is 0 Å². The number of hydrogen-bond donors (Lipinski definition) is 1. The standard InChI is InChI=1S/C54H44N2O4.2ClH.Zr/c1-35-31-43(53(57)49(33-35)55-45-23-10-4-17-37(45)38-18-5-11-24-46(38)55)41-21-8-14-27-51(41)59-29-16-30-60-52-28-15-9-22-42(52)44-32-36(2)34-50(54(44)58-3)56-47-25-12-6-19-39(47)40-20-7-13-26-48(40)56;;;/h4-15,17-28,31-34,57H,16,29-30H2,1-3H3;2*1H;/q;;;+2/p-2. The predicted octanol–water partition coefficient (Wildman–Crippen LogP) is 14.8. The normalized spacial score (nSPS) is 11.2. The Balaban J connectivity index is 0.00000164. The van der Waals surface area contributed by atoms with E-state index in [2.05, 4.69) is 126 Å². The molecule has 10 aromatic rings. The molecular formula is C54H44Cl2N2O4Zr. The van der Waals surface area contributed by atoms with Gasteiger partial charge in [-0.3, -0.25) is 0 Å². The van der Waals surface area contributed by atoms with Gasteiger partial charge in [0.05, 0.1) is 53.8 Å². The molecular weight excluding hydrogens is 903 g/mol. The number of methoxy groups -OCH3 is 1. The summed E-state index contributed by atoms with van der Waals surface area (Å²) in [6.45, 7) is 5.06. The summed E-state index contributed by atoms with van der Waals surface area (Å²) < 4.78 is 23.7. The van der Waals surface area contributed by atoms with Crippen LogP contribution in [-0.4, -0.2) is 34.6 Å². The van der Waals surface area contributed by atoms with E-state index in [4.69, 9.17) is 31.2 Å². The molecule has 0 saturated heterocycles. The number of aromatic nitrogens is 2. The average Bonchev–Trinajstić information content (AvgIpc) is 3.83. The number of rotatable bonds is 11. The monoisotopic (exact) mass is 944 g/mol. The molecule has 63 heavy (non-hydrogen) atoms. The van der Waals surface area contributed by atoms with Gasteiger partial charge >= 0.3 is 37.9 Å². The van der Waals surface area contributed by atoms with Crippen molar-refractivity contribution in [1.82, 2.24) is 9.13 Å². The summed E-state index contributed by atoms with van der Waals surface area (Å²) in [5.74, 6) is 2.46. The van der Waals surface area contributed by atoms with Crippen molar-refractivity contribution in [2.75, 3.05) is 20.3 Å². The zero-order valence-corrected chi connectivity index (χ0v) is 39.1. The average molecular weight is 947 g/mol. The van der Waals surface area contributed by atoms with E-state index in [-0.39, 0.29) is 5.75 Å². The first-order valence-electron chi connectivity index (χ1n) is 20.8. The van der Waals surface area contributed by atoms with E-state index >= 15 is 0 Å². The van der Waals surface area contributed by atoms with E-state index in [1.54, 1.807) is 7.11 Å². The van der Waals surface area contributed by atoms with Gasteiger partial charge in [-0.2, -0.15) is 0 Å². The number of para-hydroxylation sites is 6. The maximum atomic E-state index is 12.0. The van der Waals surface area contributed by atoms with Gasteiger partial charge in [-0.15, -0.1) is 0 Å². The van der Waals surface area contributed by atoms with Crippen LogP contribution >= 0.6 is 17.0 Å². The fraction of sp³-hybridized carbons (Fsp3) is 0.111. The Labute approximate surface area is 385 Å². The molecule has 2 aromatic heterocycles. The molecule has 0 spiro atoms. The van der Waals surface area contributed by atoms with Gasteiger partial charge in [-0.1, -0.05) is 109 Å². The maximum absolute atomic E-state index is 12.0. The minimum atomic E-state index is -0.826. The van der Waals surface area contributed by atoms with Gasteiger partial charge in [-0.05, 0) is 85.6 Å². The molecule has 0 aliphatic heterocycles. The molecule has 8 aromatic carbocycles. The van der Waals surface area contributed by atoms with Crippen molar-refractivity contribution < 1.29 is 40.2 Å². The number of phenols is 1. The number of benzene rings is 8. The Hall–Kier alpha value is -5.98. The van der Waals surface area contributed by atoms with Crippen LogP contribution in [0.3, 0.4) is 0 Å². The minimum absolute atomic E-state index is 0.205. The molecule has 0 atom stereocenters. The first-order chi connectivity index (χ1) is 30.9. The first-order valence-corrected chi connectivity index (χ1v) is 27.1. The molecule has 0 amide bonds. The molecule has 0 bridgehead atoms. The van der Waals surface area contributed by atoms with Crippen LogP contribution in [0.25, 0.3) is 77.2 Å². The molecule has 2 heterocycles. The molecule has 0 aliphatic carbocycles. The van der Waals surface area contributed by atoms with Crippen molar-refractivity contribution in [3.8, 4) is 56.6 Å². The molecule has 0 unspecified atom stereocenters. The van der Waals surface area contributed by atoms with Crippen LogP contribution in [0.15, 0.2) is 170 Å². The summed E-state index contributed by atoms with van der Waals surface area (Å²) >= 11 is -0.826. The zero-order valence-electron chi connectivity index (χ0n) is 35.1. The summed E-state index contributed by atoms with van der Waals surface area (Å²) in [5, 5.41) is 16.7. The second-order valence-corrected chi connectivity index (χ2v) is 19.1.